The molecule has 0 bridgehead atoms. The van der Waals surface area contributed by atoms with Crippen LogP contribution in [0.2, 0.25) is 0 Å². The number of benzene rings is 2. The van der Waals surface area contributed by atoms with Crippen LogP contribution in [0, 0.1) is 27.7 Å². The predicted molar refractivity (Wildman–Crippen MR) is 120 cm³/mol. The summed E-state index contributed by atoms with van der Waals surface area (Å²) in [5.41, 5.74) is 6.94. The van der Waals surface area contributed by atoms with Gasteiger partial charge in [0.05, 0.1) is 12.2 Å². The van der Waals surface area contributed by atoms with Gasteiger partial charge in [0.2, 0.25) is 5.91 Å². The lowest BCUT2D eigenvalue weighted by Gasteiger charge is -2.15. The molecule has 1 N–H and O–H groups in total. The molecule has 0 atom stereocenters. The normalized spacial score (nSPS) is 10.7. The number of nitrogens with one attached hydrogen (secondary N) is 1. The van der Waals surface area contributed by atoms with Crippen molar-refractivity contribution in [1.29, 1.82) is 0 Å². The van der Waals surface area contributed by atoms with Crippen LogP contribution in [0.4, 0.5) is 5.69 Å². The molecule has 30 heavy (non-hydrogen) atoms. The molecule has 0 aliphatic heterocycles. The number of carbonyl (C=O) groups is 2. The monoisotopic (exact) mass is 404 g/mol. The molecule has 5 heteroatoms. The quantitative estimate of drug-likeness (QED) is 0.574. The van der Waals surface area contributed by atoms with Gasteiger partial charge in [-0.1, -0.05) is 48.0 Å². The van der Waals surface area contributed by atoms with Crippen LogP contribution in [0.1, 0.15) is 39.7 Å². The van der Waals surface area contributed by atoms with Crippen LogP contribution in [-0.4, -0.2) is 23.1 Å². The summed E-state index contributed by atoms with van der Waals surface area (Å²) in [5.74, 6) is -0.521. The number of amides is 1. The van der Waals surface area contributed by atoms with E-state index in [1.54, 1.807) is 6.92 Å². The molecule has 156 valence electrons. The molecule has 1 heterocycles. The van der Waals surface area contributed by atoms with E-state index in [4.69, 9.17) is 4.74 Å². The second-order valence-electron chi connectivity index (χ2n) is 7.52. The zero-order valence-corrected chi connectivity index (χ0v) is 18.2. The number of para-hydroxylation sites is 1. The first kappa shape index (κ1) is 21.4. The summed E-state index contributed by atoms with van der Waals surface area (Å²) in [6.45, 7) is 9.99. The van der Waals surface area contributed by atoms with E-state index in [1.807, 2.05) is 80.8 Å². The highest BCUT2D eigenvalue weighted by molar-refractivity contribution is 5.95. The minimum atomic E-state index is -0.378. The molecule has 5 nitrogen and oxygen atoms in total. The fourth-order valence-electron chi connectivity index (χ4n) is 3.56. The molecular formula is C25H28N2O3. The predicted octanol–water partition coefficient (Wildman–Crippen LogP) is 5.20. The molecule has 2 aromatic carbocycles. The summed E-state index contributed by atoms with van der Waals surface area (Å²) in [5, 5.41) is 3.03. The number of hydrogen-bond donors (Lipinski definition) is 1. The Hall–Kier alpha value is -3.34. The maximum absolute atomic E-state index is 12.9. The number of aromatic nitrogens is 1. The first-order valence-electron chi connectivity index (χ1n) is 10.1. The molecule has 0 fully saturated rings. The third kappa shape index (κ3) is 4.46. The Labute approximate surface area is 177 Å². The van der Waals surface area contributed by atoms with Crippen molar-refractivity contribution in [3.63, 3.8) is 0 Å². The average molecular weight is 405 g/mol. The number of rotatable bonds is 6. The van der Waals surface area contributed by atoms with Crippen LogP contribution in [0.25, 0.3) is 11.3 Å². The second-order valence-corrected chi connectivity index (χ2v) is 7.52. The van der Waals surface area contributed by atoms with E-state index in [0.717, 1.165) is 33.6 Å². The third-order valence-corrected chi connectivity index (χ3v) is 5.26. The van der Waals surface area contributed by atoms with Crippen molar-refractivity contribution in [2.45, 2.75) is 41.2 Å². The number of hydrogen-bond acceptors (Lipinski definition) is 3. The van der Waals surface area contributed by atoms with Crippen molar-refractivity contribution in [3.8, 4) is 11.3 Å². The molecule has 0 saturated heterocycles. The van der Waals surface area contributed by atoms with Gasteiger partial charge < -0.3 is 14.6 Å². The van der Waals surface area contributed by atoms with E-state index in [-0.39, 0.29) is 18.4 Å². The summed E-state index contributed by atoms with van der Waals surface area (Å²) in [7, 11) is 0. The summed E-state index contributed by atoms with van der Waals surface area (Å²) in [4.78, 5) is 25.4. The van der Waals surface area contributed by atoms with Crippen LogP contribution in [0.3, 0.4) is 0 Å². The first-order valence-corrected chi connectivity index (χ1v) is 10.1. The lowest BCUT2D eigenvalue weighted by molar-refractivity contribution is -0.116. The Kier molecular flexibility index (Phi) is 6.40. The van der Waals surface area contributed by atoms with Gasteiger partial charge in [-0.3, -0.25) is 4.79 Å². The minimum Gasteiger partial charge on any atom is -0.462 e. The van der Waals surface area contributed by atoms with Crippen molar-refractivity contribution in [1.82, 2.24) is 4.57 Å². The number of aryl methyl sites for hydroxylation is 3. The fraction of sp³-hybridized carbons (Fsp3) is 0.280. The molecule has 0 aliphatic carbocycles. The van der Waals surface area contributed by atoms with Crippen molar-refractivity contribution < 1.29 is 14.3 Å². The van der Waals surface area contributed by atoms with Crippen LogP contribution in [-0.2, 0) is 16.1 Å². The Morgan fingerprint density at radius 3 is 2.20 bits per heavy atom. The number of anilines is 1. The SMILES string of the molecule is CCOC(=O)c1cc(-c2ccc(C)cc2)n(CC(=O)Nc2c(C)cccc2C)c1C. The molecule has 3 aromatic rings. The Bertz CT molecular complexity index is 1060. The summed E-state index contributed by atoms with van der Waals surface area (Å²) < 4.78 is 7.09. The highest BCUT2D eigenvalue weighted by atomic mass is 16.5. The average Bonchev–Trinajstić information content (AvgIpc) is 3.02. The van der Waals surface area contributed by atoms with Crippen LogP contribution < -0.4 is 5.32 Å². The highest BCUT2D eigenvalue weighted by Gasteiger charge is 2.21. The summed E-state index contributed by atoms with van der Waals surface area (Å²) in [6.07, 6.45) is 0. The van der Waals surface area contributed by atoms with E-state index in [0.29, 0.717) is 17.9 Å². The van der Waals surface area contributed by atoms with E-state index in [1.165, 1.54) is 0 Å². The van der Waals surface area contributed by atoms with Crippen LogP contribution in [0.15, 0.2) is 48.5 Å². The summed E-state index contributed by atoms with van der Waals surface area (Å²) in [6, 6.07) is 15.8. The molecule has 1 amide bonds. The number of esters is 1. The maximum atomic E-state index is 12.9. The van der Waals surface area contributed by atoms with Crippen molar-refractivity contribution in [3.05, 3.63) is 76.5 Å². The van der Waals surface area contributed by atoms with E-state index in [9.17, 15) is 9.59 Å². The lowest BCUT2D eigenvalue weighted by Crippen LogP contribution is -2.21. The Morgan fingerprint density at radius 2 is 1.60 bits per heavy atom. The molecule has 0 saturated carbocycles. The number of carbonyl (C=O) groups excluding carboxylic acids is 2. The third-order valence-electron chi connectivity index (χ3n) is 5.26. The molecule has 1 aromatic heterocycles. The molecule has 0 spiro atoms. The second kappa shape index (κ2) is 8.99. The standard InChI is InChI=1S/C25H28N2O3/c1-6-30-25(29)21-14-22(20-12-10-16(2)11-13-20)27(19(21)5)15-23(28)26-24-17(3)8-7-9-18(24)4/h7-14H,6,15H2,1-5H3,(H,26,28). The zero-order valence-electron chi connectivity index (χ0n) is 18.2. The molecule has 0 radical (unpaired) electrons. The van der Waals surface area contributed by atoms with Gasteiger partial charge in [-0.2, -0.15) is 0 Å². The molecule has 0 aliphatic rings. The first-order chi connectivity index (χ1) is 14.3. The van der Waals surface area contributed by atoms with Crippen molar-refractivity contribution in [2.75, 3.05) is 11.9 Å². The smallest absolute Gasteiger partial charge is 0.339 e. The van der Waals surface area contributed by atoms with E-state index in [2.05, 4.69) is 5.32 Å². The Morgan fingerprint density at radius 1 is 0.967 bits per heavy atom. The van der Waals surface area contributed by atoms with Gasteiger partial charge in [-0.15, -0.1) is 0 Å². The topological polar surface area (TPSA) is 60.3 Å². The molecular weight excluding hydrogens is 376 g/mol. The van der Waals surface area contributed by atoms with Gasteiger partial charge in [0, 0.05) is 17.1 Å². The molecule has 0 unspecified atom stereocenters. The zero-order chi connectivity index (χ0) is 21.8. The summed E-state index contributed by atoms with van der Waals surface area (Å²) >= 11 is 0. The highest BCUT2D eigenvalue weighted by Crippen LogP contribution is 2.27. The van der Waals surface area contributed by atoms with Crippen LogP contribution in [0.5, 0.6) is 0 Å². The number of ether oxygens (including phenoxy) is 1. The van der Waals surface area contributed by atoms with Gasteiger partial charge in [-0.25, -0.2) is 4.79 Å². The van der Waals surface area contributed by atoms with Crippen molar-refractivity contribution in [2.24, 2.45) is 0 Å². The van der Waals surface area contributed by atoms with Gasteiger partial charge >= 0.3 is 5.97 Å². The molecule has 3 rings (SSSR count). The van der Waals surface area contributed by atoms with Gasteiger partial charge in [0.25, 0.3) is 0 Å². The fourth-order valence-corrected chi connectivity index (χ4v) is 3.56. The van der Waals surface area contributed by atoms with Gasteiger partial charge in [0.1, 0.15) is 6.54 Å². The Balaban J connectivity index is 1.98. The van der Waals surface area contributed by atoms with E-state index < -0.39 is 0 Å². The lowest BCUT2D eigenvalue weighted by atomic mass is 10.1. The van der Waals surface area contributed by atoms with Gasteiger partial charge in [0.15, 0.2) is 0 Å². The minimum absolute atomic E-state index is 0.0994. The van der Waals surface area contributed by atoms with E-state index >= 15 is 0 Å². The van der Waals surface area contributed by atoms with Crippen molar-refractivity contribution >= 4 is 17.6 Å². The van der Waals surface area contributed by atoms with Gasteiger partial charge in [-0.05, 0) is 57.4 Å². The number of nitrogens with zero attached hydrogens (tertiary/aromatic N) is 1. The largest absolute Gasteiger partial charge is 0.462 e. The maximum Gasteiger partial charge on any atom is 0.339 e. The van der Waals surface area contributed by atoms with Crippen LogP contribution >= 0.6 is 0 Å².